The van der Waals surface area contributed by atoms with Crippen molar-refractivity contribution in [3.8, 4) is 11.5 Å². The fourth-order valence-corrected chi connectivity index (χ4v) is 1.64. The monoisotopic (exact) mass is 270 g/mol. The first-order chi connectivity index (χ1) is 8.63. The molecule has 0 amide bonds. The summed E-state index contributed by atoms with van der Waals surface area (Å²) in [5.74, 6) is 0.0631. The van der Waals surface area contributed by atoms with Gasteiger partial charge in [0.05, 0.1) is 5.02 Å². The summed E-state index contributed by atoms with van der Waals surface area (Å²) in [6.45, 7) is -0.0457. The Bertz CT molecular complexity index is 562. The summed E-state index contributed by atoms with van der Waals surface area (Å²) >= 11 is 5.91. The predicted octanol–water partition coefficient (Wildman–Crippen LogP) is 2.59. The molecule has 94 valence electrons. The van der Waals surface area contributed by atoms with Crippen molar-refractivity contribution in [2.75, 3.05) is 0 Å². The lowest BCUT2D eigenvalue weighted by molar-refractivity contribution is 0.144. The molecule has 0 aliphatic heterocycles. The van der Waals surface area contributed by atoms with Crippen molar-refractivity contribution in [1.82, 2.24) is 15.0 Å². The van der Waals surface area contributed by atoms with E-state index < -0.39 is 6.43 Å². The van der Waals surface area contributed by atoms with Gasteiger partial charge < -0.3 is 5.73 Å². The lowest BCUT2D eigenvalue weighted by Gasteiger charge is -2.08. The molecular weight excluding hydrogens is 262 g/mol. The van der Waals surface area contributed by atoms with Gasteiger partial charge in [0.15, 0.2) is 5.82 Å². The molecule has 0 atom stereocenters. The molecule has 2 heterocycles. The predicted molar refractivity (Wildman–Crippen MR) is 63.1 cm³/mol. The maximum absolute atomic E-state index is 12.8. The van der Waals surface area contributed by atoms with Crippen molar-refractivity contribution >= 4 is 11.6 Å². The van der Waals surface area contributed by atoms with E-state index in [4.69, 9.17) is 17.3 Å². The second-order valence-electron chi connectivity index (χ2n) is 3.44. The third-order valence-electron chi connectivity index (χ3n) is 2.29. The second kappa shape index (κ2) is 5.32. The van der Waals surface area contributed by atoms with Gasteiger partial charge in [-0.25, -0.2) is 18.7 Å². The molecule has 0 aliphatic rings. The second-order valence-corrected chi connectivity index (χ2v) is 3.85. The average Bonchev–Trinajstić information content (AvgIpc) is 2.38. The van der Waals surface area contributed by atoms with Crippen LogP contribution in [0.2, 0.25) is 5.02 Å². The zero-order valence-electron chi connectivity index (χ0n) is 9.15. The van der Waals surface area contributed by atoms with Crippen LogP contribution in [0.25, 0.3) is 11.5 Å². The molecule has 2 aromatic heterocycles. The largest absolute Gasteiger partial charge is 0.326 e. The maximum Gasteiger partial charge on any atom is 0.280 e. The summed E-state index contributed by atoms with van der Waals surface area (Å²) in [5, 5.41) is 0.304. The smallest absolute Gasteiger partial charge is 0.280 e. The molecule has 2 aromatic rings. The standard InChI is InChI=1S/C11H9ClF2N4/c12-7-2-1-3-16-9(7)11-17-5-6(4-15)8(18-11)10(13)14/h1-3,5,10H,4,15H2. The van der Waals surface area contributed by atoms with Gasteiger partial charge in [0, 0.05) is 24.5 Å². The first-order valence-corrected chi connectivity index (χ1v) is 5.46. The number of aromatic nitrogens is 3. The van der Waals surface area contributed by atoms with Gasteiger partial charge in [-0.2, -0.15) is 0 Å². The van der Waals surface area contributed by atoms with E-state index in [2.05, 4.69) is 15.0 Å². The lowest BCUT2D eigenvalue weighted by atomic mass is 10.2. The van der Waals surface area contributed by atoms with Crippen LogP contribution in [-0.2, 0) is 6.54 Å². The Morgan fingerprint density at radius 3 is 2.72 bits per heavy atom. The van der Waals surface area contributed by atoms with Crippen LogP contribution >= 0.6 is 11.6 Å². The van der Waals surface area contributed by atoms with Gasteiger partial charge >= 0.3 is 0 Å². The molecule has 2 rings (SSSR count). The maximum atomic E-state index is 12.8. The van der Waals surface area contributed by atoms with Crippen LogP contribution in [0.3, 0.4) is 0 Å². The Labute approximate surface area is 107 Å². The molecule has 0 unspecified atom stereocenters. The van der Waals surface area contributed by atoms with Crippen molar-refractivity contribution < 1.29 is 8.78 Å². The normalized spacial score (nSPS) is 10.9. The van der Waals surface area contributed by atoms with Crippen LogP contribution in [0.1, 0.15) is 17.7 Å². The molecule has 0 aliphatic carbocycles. The van der Waals surface area contributed by atoms with E-state index in [9.17, 15) is 8.78 Å². The fourth-order valence-electron chi connectivity index (χ4n) is 1.43. The summed E-state index contributed by atoms with van der Waals surface area (Å²) < 4.78 is 25.6. The first kappa shape index (κ1) is 12.8. The number of rotatable bonds is 3. The highest BCUT2D eigenvalue weighted by atomic mass is 35.5. The molecule has 0 radical (unpaired) electrons. The Morgan fingerprint density at radius 2 is 2.11 bits per heavy atom. The van der Waals surface area contributed by atoms with Crippen LogP contribution in [0.5, 0.6) is 0 Å². The van der Waals surface area contributed by atoms with E-state index in [1.54, 1.807) is 12.1 Å². The number of alkyl halides is 2. The zero-order chi connectivity index (χ0) is 13.1. The summed E-state index contributed by atoms with van der Waals surface area (Å²) in [4.78, 5) is 11.7. The van der Waals surface area contributed by atoms with Crippen LogP contribution in [0.4, 0.5) is 8.78 Å². The van der Waals surface area contributed by atoms with E-state index in [1.165, 1.54) is 12.4 Å². The molecule has 0 fully saturated rings. The van der Waals surface area contributed by atoms with Gasteiger partial charge in [-0.1, -0.05) is 11.6 Å². The molecule has 0 aromatic carbocycles. The Morgan fingerprint density at radius 1 is 1.33 bits per heavy atom. The Balaban J connectivity index is 2.54. The van der Waals surface area contributed by atoms with Gasteiger partial charge in [-0.3, -0.25) is 4.98 Å². The third kappa shape index (κ3) is 2.44. The molecule has 0 spiro atoms. The average molecular weight is 271 g/mol. The van der Waals surface area contributed by atoms with Gasteiger partial charge in [-0.05, 0) is 12.1 Å². The van der Waals surface area contributed by atoms with E-state index in [1.807, 2.05) is 0 Å². The van der Waals surface area contributed by atoms with Crippen molar-refractivity contribution in [2.24, 2.45) is 5.73 Å². The van der Waals surface area contributed by atoms with E-state index in [-0.39, 0.29) is 29.3 Å². The summed E-state index contributed by atoms with van der Waals surface area (Å²) in [5.41, 5.74) is 5.44. The molecule has 2 N–H and O–H groups in total. The zero-order valence-corrected chi connectivity index (χ0v) is 9.90. The number of hydrogen-bond acceptors (Lipinski definition) is 4. The quantitative estimate of drug-likeness (QED) is 0.931. The van der Waals surface area contributed by atoms with Crippen LogP contribution in [-0.4, -0.2) is 15.0 Å². The van der Waals surface area contributed by atoms with Gasteiger partial charge in [0.2, 0.25) is 0 Å². The Kier molecular flexibility index (Phi) is 3.78. The fraction of sp³-hybridized carbons (Fsp3) is 0.182. The van der Waals surface area contributed by atoms with Gasteiger partial charge in [0.1, 0.15) is 11.4 Å². The van der Waals surface area contributed by atoms with Crippen LogP contribution in [0, 0.1) is 0 Å². The van der Waals surface area contributed by atoms with Gasteiger partial charge in [-0.15, -0.1) is 0 Å². The molecule has 0 saturated carbocycles. The van der Waals surface area contributed by atoms with E-state index in [0.29, 0.717) is 5.02 Å². The van der Waals surface area contributed by atoms with Crippen LogP contribution < -0.4 is 5.73 Å². The first-order valence-electron chi connectivity index (χ1n) is 5.08. The number of pyridine rings is 1. The van der Waals surface area contributed by atoms with Crippen molar-refractivity contribution in [3.63, 3.8) is 0 Å². The van der Waals surface area contributed by atoms with Crippen molar-refractivity contribution in [2.45, 2.75) is 13.0 Å². The number of hydrogen-bond donors (Lipinski definition) is 1. The SMILES string of the molecule is NCc1cnc(-c2ncccc2Cl)nc1C(F)F. The molecule has 0 bridgehead atoms. The summed E-state index contributed by atoms with van der Waals surface area (Å²) in [6.07, 6.45) is 0.0472. The molecule has 4 nitrogen and oxygen atoms in total. The lowest BCUT2D eigenvalue weighted by Crippen LogP contribution is -2.07. The number of nitrogens with two attached hydrogens (primary N) is 1. The topological polar surface area (TPSA) is 64.7 Å². The van der Waals surface area contributed by atoms with E-state index >= 15 is 0 Å². The minimum Gasteiger partial charge on any atom is -0.326 e. The highest BCUT2D eigenvalue weighted by Gasteiger charge is 2.17. The Hall–Kier alpha value is -1.66. The van der Waals surface area contributed by atoms with Crippen molar-refractivity contribution in [3.05, 3.63) is 40.8 Å². The minimum atomic E-state index is -2.72. The molecule has 18 heavy (non-hydrogen) atoms. The molecular formula is C11H9ClF2N4. The van der Waals surface area contributed by atoms with Crippen molar-refractivity contribution in [1.29, 1.82) is 0 Å². The summed E-state index contributed by atoms with van der Waals surface area (Å²) in [7, 11) is 0. The highest BCUT2D eigenvalue weighted by Crippen LogP contribution is 2.26. The number of halogens is 3. The molecule has 7 heteroatoms. The minimum absolute atomic E-state index is 0.0457. The van der Waals surface area contributed by atoms with Crippen LogP contribution in [0.15, 0.2) is 24.5 Å². The molecule has 0 saturated heterocycles. The van der Waals surface area contributed by atoms with E-state index in [0.717, 1.165) is 0 Å². The third-order valence-corrected chi connectivity index (χ3v) is 2.60. The van der Waals surface area contributed by atoms with Gasteiger partial charge in [0.25, 0.3) is 6.43 Å². The number of nitrogens with zero attached hydrogens (tertiary/aromatic N) is 3. The highest BCUT2D eigenvalue weighted by molar-refractivity contribution is 6.32. The summed E-state index contributed by atoms with van der Waals surface area (Å²) in [6, 6.07) is 3.22.